The number of hydrogen-bond acceptors (Lipinski definition) is 12. The fourth-order valence-electron chi connectivity index (χ4n) is 24.7. The molecule has 0 unspecified atom stereocenters. The predicted octanol–water partition coefficient (Wildman–Crippen LogP) is 35.4. The van der Waals surface area contributed by atoms with E-state index in [2.05, 4.69) is 390 Å². The van der Waals surface area contributed by atoms with Crippen molar-refractivity contribution in [1.29, 1.82) is 0 Å². The quantitative estimate of drug-likeness (QED) is 0.0170. The summed E-state index contributed by atoms with van der Waals surface area (Å²) < 4.78 is 86.2. The molecule has 2 N–H and O–H groups in total. The highest BCUT2D eigenvalue weighted by Gasteiger charge is 2.52. The van der Waals surface area contributed by atoms with Gasteiger partial charge in [-0.05, 0) is 298 Å². The Morgan fingerprint density at radius 2 is 0.775 bits per heavy atom. The normalized spacial score (nSPS) is 12.7. The van der Waals surface area contributed by atoms with Crippen LogP contribution in [0.3, 0.4) is 0 Å². The lowest BCUT2D eigenvalue weighted by Gasteiger charge is -2.44. The lowest BCUT2D eigenvalue weighted by atomic mass is 10.1. The van der Waals surface area contributed by atoms with Crippen molar-refractivity contribution >= 4 is 237 Å². The molecular weight excluding hydrogens is 2270 g/mol. The molecular formula is C107H152BrCl4F3I2N14O5SSi5. The average molecular weight is 2420 g/mol. The summed E-state index contributed by atoms with van der Waals surface area (Å²) in [6, 6.07) is 18.6. The first-order valence-electron chi connectivity index (χ1n) is 49.3. The van der Waals surface area contributed by atoms with Crippen LogP contribution in [0.4, 0.5) is 18.9 Å². The molecule has 0 atom stereocenters. The molecule has 14 aromatic rings. The third-order valence-corrected chi connectivity index (χ3v) is 70.3. The van der Waals surface area contributed by atoms with Crippen LogP contribution >= 0.6 is 108 Å². The highest BCUT2D eigenvalue weighted by molar-refractivity contribution is 14.1. The van der Waals surface area contributed by atoms with Crippen molar-refractivity contribution in [2.75, 3.05) is 18.1 Å². The SMILES string of the molecule is CC(C)[Si](C(C)C)(C(C)C)n1ccc2c(Cl)c(O)cnc21.CC(C)[Si](C(C)C)(C(C)C)n1ccc2c(Cl)ccnc21.COCN(c1cc(Cl)cnc1Br)S(=O)(=O)c1ccc(C)c(C(F)(F)F)c1.Cc1cnc2[nH]ccc2c1I.Cc1cnc2c(ccn2[Si](C(C)C)(C(C)C)C(C)C)c1C=O.Cc1cnc2c(ccn2[Si](C(C)C)(C(C)C)C(C)C)c1Cl.Cc1cnc2c(ccn2[Si](C(C)C)(C(C)C)C(C)C)c1I. The number of aromatic nitrogens is 13. The maximum Gasteiger partial charge on any atom is 0.416 e. The number of benzene rings is 1. The molecule has 35 heteroatoms. The Labute approximate surface area is 904 Å². The number of anilines is 1. The molecule has 14 rings (SSSR count). The highest BCUT2D eigenvalue weighted by atomic mass is 127. The number of pyridine rings is 7. The van der Waals surface area contributed by atoms with E-state index in [1.54, 1.807) is 0 Å². The number of aromatic hydroxyl groups is 1. The van der Waals surface area contributed by atoms with Crippen LogP contribution in [0.25, 0.3) is 66.2 Å². The summed E-state index contributed by atoms with van der Waals surface area (Å²) in [6.45, 7) is 79.7. The number of carbonyl (C=O) groups excluding carboxylic acids is 1. The Morgan fingerprint density at radius 3 is 1.18 bits per heavy atom. The molecule has 0 radical (unpaired) electrons. The maximum atomic E-state index is 13.1. The Kier molecular flexibility index (Phi) is 42.1. The number of sulfonamides is 1. The number of H-pyrrole nitrogens is 1. The van der Waals surface area contributed by atoms with Crippen molar-refractivity contribution in [3.8, 4) is 5.75 Å². The summed E-state index contributed by atoms with van der Waals surface area (Å²) >= 11 is 32.8. The number of fused-ring (bicyclic) bond motifs is 6. The van der Waals surface area contributed by atoms with E-state index >= 15 is 0 Å². The van der Waals surface area contributed by atoms with Gasteiger partial charge in [-0.1, -0.05) is 260 Å². The van der Waals surface area contributed by atoms with E-state index < -0.39 is 74.6 Å². The fourth-order valence-corrected chi connectivity index (χ4v) is 61.3. The molecule has 142 heavy (non-hydrogen) atoms. The Balaban J connectivity index is 0.000000204. The van der Waals surface area contributed by atoms with Crippen LogP contribution in [0.2, 0.25) is 103 Å². The van der Waals surface area contributed by atoms with E-state index in [0.29, 0.717) is 94.2 Å². The number of aryl methyl sites for hydroxylation is 5. The van der Waals surface area contributed by atoms with Crippen LogP contribution in [0, 0.1) is 41.8 Å². The fraction of sp³-hybridized carbons (Fsp3) is 0.495. The van der Waals surface area contributed by atoms with Crippen LogP contribution in [0.15, 0.2) is 157 Å². The highest BCUT2D eigenvalue weighted by Crippen LogP contribution is 2.52. The van der Waals surface area contributed by atoms with E-state index in [1.807, 2.05) is 63.2 Å². The Hall–Kier alpha value is -6.34. The summed E-state index contributed by atoms with van der Waals surface area (Å²) in [5.74, 6) is 0.0489. The van der Waals surface area contributed by atoms with Gasteiger partial charge in [0.05, 0.1) is 42.4 Å². The standard InChI is InChI=1S/C18H28N2OSi.C17H27ClN2Si.C17H27IN2Si.C16H25ClN2OSi.C16H25ClN2Si.C15H13BrClF3N2O3S.C8H7IN2/c1-12(2)22(13(3)4,14(5)6)20-9-8-16-17(11-21)15(7)10-19-18(16)20;2*1-11(2)21(12(3)4,13(5)6)20-9-8-15-16(18)14(7)10-19-17(15)20;1-10(2)21(11(3)4,12(5)6)19-8-7-13-15(17)14(20)9-18-16(13)19;1-11(2)20(12(3)4,13(5)6)19-10-8-14-15(17)7-9-18-16(14)19;1-9-3-4-11(6-12(9)15(18,19)20)26(23,24)22(8-25-2)13-5-10(17)7-21-14(13)16;1-5-4-11-8-6(7(5)9)2-3-10-8/h8-14H,1-7H3;2*8-13H,1-7H3;7-12,20H,1-6H3;7-13H,1-6H3;3-7H,8H2,1-2H3;2-4H,1H3,(H,10,11). The topological polar surface area (TPSA) is 215 Å². The zero-order valence-corrected chi connectivity index (χ0v) is 105. The molecule has 0 bridgehead atoms. The van der Waals surface area contributed by atoms with E-state index in [4.69, 9.17) is 66.1 Å². The monoisotopic (exact) mass is 2410 g/mol. The van der Waals surface area contributed by atoms with Gasteiger partial charge in [-0.3, -0.25) is 4.79 Å². The average Bonchev–Trinajstić information content (AvgIpc) is 1.55. The number of aldehydes is 1. The summed E-state index contributed by atoms with van der Waals surface area (Å²) in [6.07, 6.45) is 21.5. The Morgan fingerprint density at radius 1 is 0.430 bits per heavy atom. The van der Waals surface area contributed by atoms with Gasteiger partial charge >= 0.3 is 6.18 Å². The first kappa shape index (κ1) is 121. The third kappa shape index (κ3) is 23.5. The van der Waals surface area contributed by atoms with Crippen LogP contribution in [0.1, 0.15) is 251 Å². The van der Waals surface area contributed by atoms with E-state index in [1.165, 1.54) is 67.2 Å². The number of alkyl halides is 3. The van der Waals surface area contributed by atoms with Gasteiger partial charge < -0.3 is 36.0 Å². The van der Waals surface area contributed by atoms with Gasteiger partial charge in [-0.2, -0.15) is 13.2 Å². The van der Waals surface area contributed by atoms with Gasteiger partial charge in [-0.15, -0.1) is 0 Å². The molecule has 0 fully saturated rings. The second kappa shape index (κ2) is 49.4. The second-order valence-corrected chi connectivity index (χ2v) is 77.3. The molecule has 13 heterocycles. The van der Waals surface area contributed by atoms with Crippen LogP contribution in [-0.2, 0) is 20.9 Å². The lowest BCUT2D eigenvalue weighted by molar-refractivity contribution is -0.138. The first-order chi connectivity index (χ1) is 66.1. The van der Waals surface area contributed by atoms with Gasteiger partial charge in [0.15, 0.2) is 53.2 Å². The van der Waals surface area contributed by atoms with E-state index in [-0.39, 0.29) is 26.6 Å². The zero-order chi connectivity index (χ0) is 107. The van der Waals surface area contributed by atoms with Crippen molar-refractivity contribution in [2.24, 2.45) is 0 Å². The summed E-state index contributed by atoms with van der Waals surface area (Å²) in [5.41, 5.74) is 19.9. The number of hydrogen-bond donors (Lipinski definition) is 2. The lowest BCUT2D eigenvalue weighted by Crippen LogP contribution is -2.51. The molecule has 0 saturated heterocycles. The summed E-state index contributed by atoms with van der Waals surface area (Å²) in [4.78, 5) is 45.5. The largest absolute Gasteiger partial charge is 0.505 e. The number of aromatic amines is 1. The van der Waals surface area contributed by atoms with Crippen molar-refractivity contribution in [3.05, 3.63) is 218 Å². The zero-order valence-electron chi connectivity index (χ0n) is 89.9. The smallest absolute Gasteiger partial charge is 0.416 e. The molecule has 1 aromatic carbocycles. The van der Waals surface area contributed by atoms with Gasteiger partial charge in [0.2, 0.25) is 0 Å². The van der Waals surface area contributed by atoms with Gasteiger partial charge in [0, 0.05) is 95.5 Å². The first-order valence-corrected chi connectivity index (χ1v) is 66.1. The summed E-state index contributed by atoms with van der Waals surface area (Å²) in [7, 11) is -12.0. The number of rotatable bonds is 26. The van der Waals surface area contributed by atoms with Gasteiger partial charge in [-0.25, -0.2) is 47.6 Å². The maximum absolute atomic E-state index is 13.1. The van der Waals surface area contributed by atoms with Crippen molar-refractivity contribution < 1.29 is 36.2 Å². The van der Waals surface area contributed by atoms with E-state index in [0.717, 1.165) is 99.2 Å². The van der Waals surface area contributed by atoms with Gasteiger partial charge in [0.25, 0.3) is 10.0 Å². The number of nitrogens with zero attached hydrogens (tertiary/aromatic N) is 13. The van der Waals surface area contributed by atoms with Crippen LogP contribution in [0.5, 0.6) is 5.75 Å². The van der Waals surface area contributed by atoms with Crippen molar-refractivity contribution in [3.63, 3.8) is 0 Å². The number of methoxy groups -OCH3 is 1. The molecule has 0 spiro atoms. The molecule has 0 aliphatic carbocycles. The van der Waals surface area contributed by atoms with Crippen LogP contribution in [-0.4, -0.2) is 136 Å². The number of nitrogens with one attached hydrogen (secondary N) is 1. The molecule has 19 nitrogen and oxygen atoms in total. The van der Waals surface area contributed by atoms with Crippen molar-refractivity contribution in [1.82, 2.24) is 61.0 Å². The van der Waals surface area contributed by atoms with Crippen molar-refractivity contribution in [2.45, 2.75) is 337 Å². The number of carbonyl (C=O) groups is 1. The third-order valence-electron chi connectivity index (χ3n) is 29.9. The number of ether oxygens (including phenoxy) is 1. The van der Waals surface area contributed by atoms with E-state index in [9.17, 15) is 31.5 Å². The summed E-state index contributed by atoms with van der Waals surface area (Å²) in [5, 5.41) is 18.5. The molecule has 13 aromatic heterocycles. The molecule has 0 saturated carbocycles. The second-order valence-electron chi connectivity index (χ2n) is 42.3. The molecule has 0 amide bonds. The minimum absolute atomic E-state index is 0.0356. The molecule has 776 valence electrons. The number of halogens is 10. The minimum Gasteiger partial charge on any atom is -0.505 e. The predicted molar refractivity (Wildman–Crippen MR) is 628 cm³/mol. The van der Waals surface area contributed by atoms with Gasteiger partial charge in [0.1, 0.15) is 45.2 Å². The molecule has 0 aliphatic heterocycles. The minimum atomic E-state index is -4.68. The Bertz CT molecular complexity index is 6410. The van der Waals surface area contributed by atoms with Crippen LogP contribution < -0.4 is 4.31 Å². The molecule has 0 aliphatic rings.